The minimum Gasteiger partial charge on any atom is -0.481 e. The van der Waals surface area contributed by atoms with Crippen molar-refractivity contribution in [1.29, 1.82) is 0 Å². The van der Waals surface area contributed by atoms with Gasteiger partial charge in [0.05, 0.1) is 5.41 Å². The fourth-order valence-electron chi connectivity index (χ4n) is 4.94. The number of amides is 2. The number of hydrogen-bond acceptors (Lipinski definition) is 5. The number of carbonyl (C=O) groups is 3. The Labute approximate surface area is 205 Å². The predicted molar refractivity (Wildman–Crippen MR) is 130 cm³/mol. The number of aliphatic carboxylic acids is 1. The topological polar surface area (TPSA) is 105 Å². The molecule has 1 unspecified atom stereocenters. The molecule has 4 rings (SSSR count). The molecule has 8 heteroatoms. The van der Waals surface area contributed by atoms with Gasteiger partial charge in [-0.3, -0.25) is 9.59 Å². The highest BCUT2D eigenvalue weighted by Gasteiger charge is 2.39. The number of likely N-dealkylation sites (tertiary alicyclic amines) is 1. The summed E-state index contributed by atoms with van der Waals surface area (Å²) in [6.45, 7) is 2.91. The van der Waals surface area contributed by atoms with Crippen molar-refractivity contribution in [2.24, 2.45) is 5.41 Å². The van der Waals surface area contributed by atoms with E-state index < -0.39 is 23.6 Å². The van der Waals surface area contributed by atoms with E-state index in [4.69, 9.17) is 9.47 Å². The molecule has 2 N–H and O–H groups in total. The fourth-order valence-corrected chi connectivity index (χ4v) is 4.94. The average molecular weight is 481 g/mol. The Hall–Kier alpha value is -3.39. The molecule has 186 valence electrons. The summed E-state index contributed by atoms with van der Waals surface area (Å²) < 4.78 is 10.9. The van der Waals surface area contributed by atoms with Crippen LogP contribution in [0.3, 0.4) is 0 Å². The third kappa shape index (κ3) is 5.17. The Kier molecular flexibility index (Phi) is 7.40. The normalized spacial score (nSPS) is 17.3. The molecule has 1 aliphatic heterocycles. The van der Waals surface area contributed by atoms with Crippen molar-refractivity contribution in [3.05, 3.63) is 59.7 Å². The maximum Gasteiger partial charge on any atom is 0.407 e. The van der Waals surface area contributed by atoms with Crippen LogP contribution in [-0.4, -0.2) is 67.4 Å². The first kappa shape index (κ1) is 24.7. The molecule has 1 fully saturated rings. The summed E-state index contributed by atoms with van der Waals surface area (Å²) in [5.41, 5.74) is 3.82. The van der Waals surface area contributed by atoms with Gasteiger partial charge in [0.2, 0.25) is 0 Å². The third-order valence-corrected chi connectivity index (χ3v) is 7.27. The molecule has 2 aromatic carbocycles. The lowest BCUT2D eigenvalue weighted by molar-refractivity contribution is -0.155. The van der Waals surface area contributed by atoms with E-state index in [-0.39, 0.29) is 25.0 Å². The molecule has 35 heavy (non-hydrogen) atoms. The van der Waals surface area contributed by atoms with E-state index in [1.165, 1.54) is 18.2 Å². The zero-order valence-corrected chi connectivity index (χ0v) is 20.2. The van der Waals surface area contributed by atoms with Crippen molar-refractivity contribution in [3.63, 3.8) is 0 Å². The zero-order chi connectivity index (χ0) is 25.0. The smallest absolute Gasteiger partial charge is 0.407 e. The zero-order valence-electron chi connectivity index (χ0n) is 20.2. The van der Waals surface area contributed by atoms with Gasteiger partial charge in [0.1, 0.15) is 12.7 Å². The SMILES string of the molecule is COC(CCNC(=O)OCC1c2ccccc2-c2ccccc21)C(=O)N1CCC(C)(C(=O)O)CC1. The van der Waals surface area contributed by atoms with Crippen LogP contribution in [0.4, 0.5) is 4.79 Å². The molecule has 1 aliphatic carbocycles. The highest BCUT2D eigenvalue weighted by Crippen LogP contribution is 2.44. The summed E-state index contributed by atoms with van der Waals surface area (Å²) in [4.78, 5) is 38.3. The number of carbonyl (C=O) groups excluding carboxylic acids is 2. The summed E-state index contributed by atoms with van der Waals surface area (Å²) >= 11 is 0. The van der Waals surface area contributed by atoms with E-state index in [1.807, 2.05) is 24.3 Å². The summed E-state index contributed by atoms with van der Waals surface area (Å²) in [5.74, 6) is -1.04. The van der Waals surface area contributed by atoms with E-state index in [2.05, 4.69) is 29.6 Å². The van der Waals surface area contributed by atoms with Gasteiger partial charge in [0, 0.05) is 39.1 Å². The second-order valence-electron chi connectivity index (χ2n) is 9.46. The molecule has 1 atom stereocenters. The Balaban J connectivity index is 1.25. The minimum atomic E-state index is -0.833. The van der Waals surface area contributed by atoms with E-state index >= 15 is 0 Å². The van der Waals surface area contributed by atoms with Crippen LogP contribution < -0.4 is 5.32 Å². The third-order valence-electron chi connectivity index (χ3n) is 7.27. The second kappa shape index (κ2) is 10.5. The number of ether oxygens (including phenoxy) is 2. The first-order chi connectivity index (χ1) is 16.8. The molecule has 0 bridgehead atoms. The summed E-state index contributed by atoms with van der Waals surface area (Å²) in [7, 11) is 1.46. The van der Waals surface area contributed by atoms with Gasteiger partial charge < -0.3 is 24.8 Å². The number of nitrogens with zero attached hydrogens (tertiary/aromatic N) is 1. The molecule has 1 heterocycles. The van der Waals surface area contributed by atoms with Crippen molar-refractivity contribution < 1.29 is 29.0 Å². The van der Waals surface area contributed by atoms with Gasteiger partial charge in [-0.25, -0.2) is 4.79 Å². The number of alkyl carbamates (subject to hydrolysis) is 1. The molecular weight excluding hydrogens is 448 g/mol. The van der Waals surface area contributed by atoms with Crippen LogP contribution in [0, 0.1) is 5.41 Å². The van der Waals surface area contributed by atoms with Gasteiger partial charge in [-0.2, -0.15) is 0 Å². The Morgan fingerprint density at radius 2 is 1.63 bits per heavy atom. The molecule has 0 aromatic heterocycles. The largest absolute Gasteiger partial charge is 0.481 e. The Bertz CT molecular complexity index is 1050. The Morgan fingerprint density at radius 3 is 2.17 bits per heavy atom. The minimum absolute atomic E-state index is 0.0166. The molecule has 2 aromatic rings. The number of methoxy groups -OCH3 is 1. The summed E-state index contributed by atoms with van der Waals surface area (Å²) in [6.07, 6.45) is -0.139. The molecule has 2 aliphatic rings. The maximum absolute atomic E-state index is 12.8. The number of hydrogen-bond donors (Lipinski definition) is 2. The van der Waals surface area contributed by atoms with Crippen LogP contribution in [0.25, 0.3) is 11.1 Å². The summed E-state index contributed by atoms with van der Waals surface area (Å²) in [5, 5.41) is 12.1. The Morgan fingerprint density at radius 1 is 1.06 bits per heavy atom. The van der Waals surface area contributed by atoms with Gasteiger partial charge in [-0.1, -0.05) is 48.5 Å². The quantitative estimate of drug-likeness (QED) is 0.598. The number of nitrogens with one attached hydrogen (secondary N) is 1. The van der Waals surface area contributed by atoms with Gasteiger partial charge in [0.15, 0.2) is 0 Å². The fraction of sp³-hybridized carbons (Fsp3) is 0.444. The van der Waals surface area contributed by atoms with E-state index in [1.54, 1.807) is 11.8 Å². The maximum atomic E-state index is 12.8. The van der Waals surface area contributed by atoms with E-state index in [0.717, 1.165) is 11.1 Å². The van der Waals surface area contributed by atoms with Crippen LogP contribution in [0.2, 0.25) is 0 Å². The average Bonchev–Trinajstić information content (AvgIpc) is 3.19. The molecule has 2 amide bonds. The monoisotopic (exact) mass is 480 g/mol. The predicted octanol–water partition coefficient (Wildman–Crippen LogP) is 3.64. The van der Waals surface area contributed by atoms with Gasteiger partial charge in [-0.05, 0) is 42.0 Å². The first-order valence-electron chi connectivity index (χ1n) is 12.0. The van der Waals surface area contributed by atoms with E-state index in [0.29, 0.717) is 32.4 Å². The molecule has 1 saturated heterocycles. The van der Waals surface area contributed by atoms with E-state index in [9.17, 15) is 19.5 Å². The highest BCUT2D eigenvalue weighted by molar-refractivity contribution is 5.82. The number of rotatable bonds is 8. The lowest BCUT2D eigenvalue weighted by Gasteiger charge is -2.37. The molecular formula is C27H32N2O6. The molecule has 8 nitrogen and oxygen atoms in total. The van der Waals surface area contributed by atoms with Crippen LogP contribution >= 0.6 is 0 Å². The lowest BCUT2D eigenvalue weighted by atomic mass is 9.80. The number of carboxylic acids is 1. The number of piperidine rings is 1. The van der Waals surface area contributed by atoms with Crippen molar-refractivity contribution in [3.8, 4) is 11.1 Å². The summed E-state index contributed by atoms with van der Waals surface area (Å²) in [6, 6.07) is 16.3. The lowest BCUT2D eigenvalue weighted by Crippen LogP contribution is -2.49. The van der Waals surface area contributed by atoms with Gasteiger partial charge in [0.25, 0.3) is 5.91 Å². The standard InChI is InChI=1S/C27H32N2O6/c1-27(25(31)32)12-15-29(16-13-27)24(30)23(34-2)11-14-28-26(33)35-17-22-20-9-5-3-7-18(20)19-8-4-6-10-21(19)22/h3-10,22-23H,11-17H2,1-2H3,(H,28,33)(H,31,32). The molecule has 0 radical (unpaired) electrons. The van der Waals surface area contributed by atoms with Crippen LogP contribution in [0.5, 0.6) is 0 Å². The number of benzene rings is 2. The van der Waals surface area contributed by atoms with Crippen LogP contribution in [-0.2, 0) is 19.1 Å². The molecule has 0 spiro atoms. The number of fused-ring (bicyclic) bond motifs is 3. The number of carboxylic acid groups (broad SMARTS) is 1. The highest BCUT2D eigenvalue weighted by atomic mass is 16.5. The van der Waals surface area contributed by atoms with Crippen molar-refractivity contribution in [2.45, 2.75) is 38.2 Å². The van der Waals surface area contributed by atoms with Crippen molar-refractivity contribution >= 4 is 18.0 Å². The van der Waals surface area contributed by atoms with Crippen molar-refractivity contribution in [2.75, 3.05) is 33.4 Å². The first-order valence-corrected chi connectivity index (χ1v) is 12.0. The van der Waals surface area contributed by atoms with Gasteiger partial charge >= 0.3 is 12.1 Å². The van der Waals surface area contributed by atoms with Crippen LogP contribution in [0.15, 0.2) is 48.5 Å². The molecule has 0 saturated carbocycles. The van der Waals surface area contributed by atoms with Gasteiger partial charge in [-0.15, -0.1) is 0 Å². The van der Waals surface area contributed by atoms with Crippen molar-refractivity contribution in [1.82, 2.24) is 10.2 Å². The second-order valence-corrected chi connectivity index (χ2v) is 9.46. The van der Waals surface area contributed by atoms with Crippen LogP contribution in [0.1, 0.15) is 43.2 Å².